The maximum Gasteiger partial charge on any atom is 0.0416 e. The van der Waals surface area contributed by atoms with Gasteiger partial charge in [0.15, 0.2) is 0 Å². The van der Waals surface area contributed by atoms with E-state index in [9.17, 15) is 0 Å². The summed E-state index contributed by atoms with van der Waals surface area (Å²) in [6.45, 7) is 7.79. The van der Waals surface area contributed by atoms with Crippen LogP contribution >= 0.6 is 0 Å². The summed E-state index contributed by atoms with van der Waals surface area (Å²) in [6, 6.07) is 6.14. The van der Waals surface area contributed by atoms with Gasteiger partial charge < -0.3 is 14.7 Å². The van der Waals surface area contributed by atoms with Crippen LogP contribution in [0.25, 0.3) is 0 Å². The molecule has 0 radical (unpaired) electrons. The quantitative estimate of drug-likeness (QED) is 0.572. The Labute approximate surface area is 142 Å². The molecule has 1 aromatic heterocycles. The zero-order chi connectivity index (χ0) is 17.1. The Morgan fingerprint density at radius 1 is 0.739 bits per heavy atom. The Morgan fingerprint density at radius 2 is 1.35 bits per heavy atom. The molecule has 5 nitrogen and oxygen atoms in total. The van der Waals surface area contributed by atoms with Crippen molar-refractivity contribution < 1.29 is 0 Å². The van der Waals surface area contributed by atoms with Crippen molar-refractivity contribution in [3.8, 4) is 0 Å². The molecule has 0 aliphatic heterocycles. The lowest BCUT2D eigenvalue weighted by atomic mass is 10.2. The summed E-state index contributed by atoms with van der Waals surface area (Å²) in [4.78, 5) is 13.9. The van der Waals surface area contributed by atoms with Gasteiger partial charge >= 0.3 is 0 Å². The minimum Gasteiger partial charge on any atom is -0.308 e. The molecular formula is C18H35N5. The van der Waals surface area contributed by atoms with Crippen molar-refractivity contribution in [3.05, 3.63) is 30.1 Å². The van der Waals surface area contributed by atoms with Crippen LogP contribution in [-0.4, -0.2) is 106 Å². The molecular weight excluding hydrogens is 286 g/mol. The topological polar surface area (TPSA) is 25.9 Å². The minimum atomic E-state index is 1.02. The lowest BCUT2D eigenvalue weighted by molar-refractivity contribution is 0.193. The second-order valence-corrected chi connectivity index (χ2v) is 6.82. The van der Waals surface area contributed by atoms with Crippen LogP contribution in [0.15, 0.2) is 24.4 Å². The Morgan fingerprint density at radius 3 is 1.87 bits per heavy atom. The lowest BCUT2D eigenvalue weighted by Crippen LogP contribution is -2.40. The van der Waals surface area contributed by atoms with Gasteiger partial charge in [-0.05, 0) is 47.4 Å². The highest BCUT2D eigenvalue weighted by molar-refractivity contribution is 5.03. The largest absolute Gasteiger partial charge is 0.308 e. The van der Waals surface area contributed by atoms with Crippen LogP contribution in [0.2, 0.25) is 0 Å². The van der Waals surface area contributed by atoms with Gasteiger partial charge in [-0.3, -0.25) is 9.88 Å². The maximum absolute atomic E-state index is 4.40. The molecule has 23 heavy (non-hydrogen) atoms. The minimum absolute atomic E-state index is 1.02. The summed E-state index contributed by atoms with van der Waals surface area (Å²) in [7, 11) is 10.8. The van der Waals surface area contributed by atoms with Gasteiger partial charge in [-0.1, -0.05) is 6.07 Å². The fraction of sp³-hybridized carbons (Fsp3) is 0.722. The van der Waals surface area contributed by atoms with Crippen LogP contribution in [0.1, 0.15) is 5.69 Å². The standard InChI is InChI=1S/C18H35N5/c1-20(2)12-15-23(16-13-21(3)4)17-14-22(5)11-9-18-8-6-7-10-19-18/h6-8,10H,9,11-17H2,1-5H3. The molecule has 1 rings (SSSR count). The van der Waals surface area contributed by atoms with Crippen molar-refractivity contribution in [2.75, 3.05) is 81.1 Å². The van der Waals surface area contributed by atoms with Gasteiger partial charge in [0.05, 0.1) is 0 Å². The van der Waals surface area contributed by atoms with Gasteiger partial charge in [0.2, 0.25) is 0 Å². The summed E-state index contributed by atoms with van der Waals surface area (Å²) < 4.78 is 0. The van der Waals surface area contributed by atoms with Crippen LogP contribution in [-0.2, 0) is 6.42 Å². The average Bonchev–Trinajstić information content (AvgIpc) is 2.52. The van der Waals surface area contributed by atoms with Crippen molar-refractivity contribution in [3.63, 3.8) is 0 Å². The Kier molecular flexibility index (Phi) is 10.0. The normalized spacial score (nSPS) is 12.0. The molecule has 1 heterocycles. The van der Waals surface area contributed by atoms with Gasteiger partial charge in [0, 0.05) is 64.1 Å². The van der Waals surface area contributed by atoms with Crippen molar-refractivity contribution in [2.45, 2.75) is 6.42 Å². The number of aromatic nitrogens is 1. The molecule has 0 aliphatic rings. The predicted molar refractivity (Wildman–Crippen MR) is 99.0 cm³/mol. The molecule has 0 N–H and O–H groups in total. The van der Waals surface area contributed by atoms with Gasteiger partial charge in [-0.15, -0.1) is 0 Å². The highest BCUT2D eigenvalue weighted by atomic mass is 15.2. The number of pyridine rings is 1. The zero-order valence-corrected chi connectivity index (χ0v) is 15.7. The van der Waals surface area contributed by atoms with Crippen molar-refractivity contribution in [2.24, 2.45) is 0 Å². The summed E-state index contributed by atoms with van der Waals surface area (Å²) in [5, 5.41) is 0. The molecule has 0 saturated carbocycles. The molecule has 0 fully saturated rings. The molecule has 0 unspecified atom stereocenters. The van der Waals surface area contributed by atoms with Gasteiger partial charge in [-0.25, -0.2) is 0 Å². The third-order valence-corrected chi connectivity index (χ3v) is 4.00. The smallest absolute Gasteiger partial charge is 0.0416 e. The number of likely N-dealkylation sites (N-methyl/N-ethyl adjacent to an activating group) is 3. The van der Waals surface area contributed by atoms with E-state index in [0.717, 1.165) is 52.2 Å². The molecule has 0 bridgehead atoms. The van der Waals surface area contributed by atoms with E-state index in [2.05, 4.69) is 72.0 Å². The van der Waals surface area contributed by atoms with E-state index in [1.54, 1.807) is 0 Å². The fourth-order valence-corrected chi connectivity index (χ4v) is 2.29. The second kappa shape index (κ2) is 11.5. The SMILES string of the molecule is CN(C)CCN(CCN(C)C)CCN(C)CCc1ccccn1. The van der Waals surface area contributed by atoms with Crippen molar-refractivity contribution in [1.82, 2.24) is 24.6 Å². The highest BCUT2D eigenvalue weighted by Crippen LogP contribution is 1.98. The molecule has 1 aromatic rings. The van der Waals surface area contributed by atoms with Crippen molar-refractivity contribution >= 4 is 0 Å². The first-order valence-electron chi connectivity index (χ1n) is 8.57. The molecule has 5 heteroatoms. The third kappa shape index (κ3) is 10.4. The summed E-state index contributed by atoms with van der Waals surface area (Å²) in [5.41, 5.74) is 1.18. The number of hydrogen-bond donors (Lipinski definition) is 0. The maximum atomic E-state index is 4.40. The predicted octanol–water partition coefficient (Wildman–Crippen LogP) is 0.981. The van der Waals surface area contributed by atoms with E-state index in [4.69, 9.17) is 0 Å². The zero-order valence-electron chi connectivity index (χ0n) is 15.7. The highest BCUT2D eigenvalue weighted by Gasteiger charge is 2.08. The first-order chi connectivity index (χ1) is 11.0. The lowest BCUT2D eigenvalue weighted by Gasteiger charge is -2.27. The first-order valence-corrected chi connectivity index (χ1v) is 8.57. The van der Waals surface area contributed by atoms with Crippen LogP contribution in [0.4, 0.5) is 0 Å². The molecule has 0 aromatic carbocycles. The van der Waals surface area contributed by atoms with Crippen LogP contribution in [0.3, 0.4) is 0 Å². The Balaban J connectivity index is 2.30. The van der Waals surface area contributed by atoms with E-state index >= 15 is 0 Å². The monoisotopic (exact) mass is 321 g/mol. The summed E-state index contributed by atoms with van der Waals surface area (Å²) in [5.74, 6) is 0. The molecule has 0 spiro atoms. The fourth-order valence-electron chi connectivity index (χ4n) is 2.29. The summed E-state index contributed by atoms with van der Waals surface area (Å²) >= 11 is 0. The number of rotatable bonds is 12. The molecule has 0 aliphatic carbocycles. The van der Waals surface area contributed by atoms with Crippen LogP contribution in [0.5, 0.6) is 0 Å². The average molecular weight is 322 g/mol. The van der Waals surface area contributed by atoms with Crippen LogP contribution in [0, 0.1) is 0 Å². The number of nitrogens with zero attached hydrogens (tertiary/aromatic N) is 5. The van der Waals surface area contributed by atoms with E-state index < -0.39 is 0 Å². The van der Waals surface area contributed by atoms with E-state index in [1.807, 2.05) is 12.3 Å². The Bertz CT molecular complexity index is 382. The van der Waals surface area contributed by atoms with Gasteiger partial charge in [0.1, 0.15) is 0 Å². The van der Waals surface area contributed by atoms with Crippen molar-refractivity contribution in [1.29, 1.82) is 0 Å². The number of hydrogen-bond acceptors (Lipinski definition) is 5. The Hall–Kier alpha value is -1.01. The van der Waals surface area contributed by atoms with E-state index in [1.165, 1.54) is 5.69 Å². The second-order valence-electron chi connectivity index (χ2n) is 6.82. The van der Waals surface area contributed by atoms with Gasteiger partial charge in [-0.2, -0.15) is 0 Å². The first kappa shape index (κ1) is 20.0. The van der Waals surface area contributed by atoms with Gasteiger partial charge in [0.25, 0.3) is 0 Å². The van der Waals surface area contributed by atoms with E-state index in [0.29, 0.717) is 0 Å². The molecule has 0 saturated heterocycles. The molecule has 0 atom stereocenters. The van der Waals surface area contributed by atoms with E-state index in [-0.39, 0.29) is 0 Å². The molecule has 0 amide bonds. The molecule has 132 valence electrons. The third-order valence-electron chi connectivity index (χ3n) is 4.00. The van der Waals surface area contributed by atoms with Crippen LogP contribution < -0.4 is 0 Å². The summed E-state index contributed by atoms with van der Waals surface area (Å²) in [6.07, 6.45) is 2.90.